The predicted octanol–water partition coefficient (Wildman–Crippen LogP) is 4.91. The maximum atomic E-state index is 12.4. The van der Waals surface area contributed by atoms with Gasteiger partial charge in [0.25, 0.3) is 5.91 Å². The standard InChI is InChI=1S/C19H16ClN3O3S/c1-25-15-5-3-4-6-16(15)26-13-9-7-12(8-10-13)22-18(24)17-14(20)11-21-19(23-17)27-2/h3-11H,1-2H3,(H,22,24). The Morgan fingerprint density at radius 1 is 1.11 bits per heavy atom. The van der Waals surface area contributed by atoms with Crippen molar-refractivity contribution in [2.75, 3.05) is 18.7 Å². The third-order valence-corrected chi connectivity index (χ3v) is 4.37. The first-order valence-electron chi connectivity index (χ1n) is 7.89. The molecule has 1 amide bonds. The number of halogens is 1. The predicted molar refractivity (Wildman–Crippen MR) is 106 cm³/mol. The third-order valence-electron chi connectivity index (χ3n) is 3.53. The molecule has 0 radical (unpaired) electrons. The largest absolute Gasteiger partial charge is 0.493 e. The van der Waals surface area contributed by atoms with Crippen molar-refractivity contribution in [3.8, 4) is 17.2 Å². The first-order chi connectivity index (χ1) is 13.1. The van der Waals surface area contributed by atoms with Crippen molar-refractivity contribution in [1.29, 1.82) is 0 Å². The molecule has 0 bridgehead atoms. The molecule has 1 N–H and O–H groups in total. The molecule has 3 rings (SSSR count). The lowest BCUT2D eigenvalue weighted by Crippen LogP contribution is -2.15. The van der Waals surface area contributed by atoms with E-state index in [0.717, 1.165) is 0 Å². The molecule has 2 aromatic carbocycles. The Morgan fingerprint density at radius 2 is 1.81 bits per heavy atom. The molecule has 6 nitrogen and oxygen atoms in total. The fraction of sp³-hybridized carbons (Fsp3) is 0.105. The van der Waals surface area contributed by atoms with E-state index in [9.17, 15) is 4.79 Å². The molecular formula is C19H16ClN3O3S. The Bertz CT molecular complexity index is 951. The second kappa shape index (κ2) is 8.75. The number of hydrogen-bond acceptors (Lipinski definition) is 6. The van der Waals surface area contributed by atoms with Gasteiger partial charge in [-0.2, -0.15) is 0 Å². The van der Waals surface area contributed by atoms with Crippen LogP contribution < -0.4 is 14.8 Å². The average Bonchev–Trinajstić information content (AvgIpc) is 2.70. The highest BCUT2D eigenvalue weighted by molar-refractivity contribution is 7.98. The van der Waals surface area contributed by atoms with E-state index in [4.69, 9.17) is 21.1 Å². The maximum absolute atomic E-state index is 12.4. The molecular weight excluding hydrogens is 386 g/mol. The number of methoxy groups -OCH3 is 1. The molecule has 0 aliphatic carbocycles. The fourth-order valence-corrected chi connectivity index (χ4v) is 2.75. The van der Waals surface area contributed by atoms with Crippen molar-refractivity contribution in [2.45, 2.75) is 5.16 Å². The molecule has 0 saturated carbocycles. The summed E-state index contributed by atoms with van der Waals surface area (Å²) in [6.45, 7) is 0. The van der Waals surface area contributed by atoms with Crippen LogP contribution in [-0.2, 0) is 0 Å². The van der Waals surface area contributed by atoms with Crippen LogP contribution in [0.3, 0.4) is 0 Å². The summed E-state index contributed by atoms with van der Waals surface area (Å²) in [6, 6.07) is 14.3. The molecule has 8 heteroatoms. The fourth-order valence-electron chi connectivity index (χ4n) is 2.24. The minimum Gasteiger partial charge on any atom is -0.493 e. The molecule has 0 atom stereocenters. The van der Waals surface area contributed by atoms with Crippen LogP contribution in [-0.4, -0.2) is 29.2 Å². The Balaban J connectivity index is 1.71. The highest BCUT2D eigenvalue weighted by Gasteiger charge is 2.14. The monoisotopic (exact) mass is 401 g/mol. The zero-order chi connectivity index (χ0) is 19.2. The van der Waals surface area contributed by atoms with Gasteiger partial charge in [0.2, 0.25) is 0 Å². The molecule has 0 unspecified atom stereocenters. The van der Waals surface area contributed by atoms with Gasteiger partial charge in [-0.25, -0.2) is 9.97 Å². The van der Waals surface area contributed by atoms with Gasteiger partial charge in [0, 0.05) is 5.69 Å². The van der Waals surface area contributed by atoms with Crippen LogP contribution >= 0.6 is 23.4 Å². The first-order valence-corrected chi connectivity index (χ1v) is 9.50. The number of anilines is 1. The highest BCUT2D eigenvalue weighted by Crippen LogP contribution is 2.31. The Labute approximate surface area is 165 Å². The van der Waals surface area contributed by atoms with Crippen molar-refractivity contribution >= 4 is 35.0 Å². The van der Waals surface area contributed by atoms with E-state index < -0.39 is 5.91 Å². The number of benzene rings is 2. The molecule has 1 aromatic heterocycles. The van der Waals surface area contributed by atoms with E-state index in [0.29, 0.717) is 28.1 Å². The molecule has 0 aliphatic rings. The molecule has 0 spiro atoms. The van der Waals surface area contributed by atoms with E-state index >= 15 is 0 Å². The highest BCUT2D eigenvalue weighted by atomic mass is 35.5. The van der Waals surface area contributed by atoms with Crippen molar-refractivity contribution in [1.82, 2.24) is 9.97 Å². The van der Waals surface area contributed by atoms with Gasteiger partial charge in [0.15, 0.2) is 22.3 Å². The van der Waals surface area contributed by atoms with Crippen LogP contribution in [0.2, 0.25) is 5.02 Å². The number of nitrogens with zero attached hydrogens (tertiary/aromatic N) is 2. The SMILES string of the molecule is COc1ccccc1Oc1ccc(NC(=O)c2nc(SC)ncc2Cl)cc1. The number of carbonyl (C=O) groups is 1. The number of rotatable bonds is 6. The van der Waals surface area contributed by atoms with Gasteiger partial charge in [-0.1, -0.05) is 35.5 Å². The van der Waals surface area contributed by atoms with Gasteiger partial charge in [-0.05, 0) is 42.7 Å². The average molecular weight is 402 g/mol. The Kier molecular flexibility index (Phi) is 6.16. The Hall–Kier alpha value is -2.77. The number of nitrogens with one attached hydrogen (secondary N) is 1. The minimum absolute atomic E-state index is 0.130. The van der Waals surface area contributed by atoms with Gasteiger partial charge in [0.1, 0.15) is 5.75 Å². The molecule has 0 saturated heterocycles. The second-order valence-corrected chi connectivity index (χ2v) is 6.47. The molecule has 27 heavy (non-hydrogen) atoms. The zero-order valence-corrected chi connectivity index (χ0v) is 16.2. The number of carbonyl (C=O) groups excluding carboxylic acids is 1. The van der Waals surface area contributed by atoms with Crippen molar-refractivity contribution in [3.05, 3.63) is 65.4 Å². The normalized spacial score (nSPS) is 10.3. The van der Waals surface area contributed by atoms with E-state index in [2.05, 4.69) is 15.3 Å². The summed E-state index contributed by atoms with van der Waals surface area (Å²) < 4.78 is 11.1. The summed E-state index contributed by atoms with van der Waals surface area (Å²) in [7, 11) is 1.58. The number of hydrogen-bond donors (Lipinski definition) is 1. The summed E-state index contributed by atoms with van der Waals surface area (Å²) in [6.07, 6.45) is 3.24. The van der Waals surface area contributed by atoms with Crippen LogP contribution in [0.15, 0.2) is 59.9 Å². The third kappa shape index (κ3) is 4.69. The van der Waals surface area contributed by atoms with Crippen LogP contribution in [0.25, 0.3) is 0 Å². The maximum Gasteiger partial charge on any atom is 0.275 e. The number of amides is 1. The van der Waals surface area contributed by atoms with Gasteiger partial charge in [-0.15, -0.1) is 0 Å². The van der Waals surface area contributed by atoms with E-state index in [1.54, 1.807) is 31.4 Å². The number of para-hydroxylation sites is 2. The first kappa shape index (κ1) is 19.0. The molecule has 138 valence electrons. The van der Waals surface area contributed by atoms with Gasteiger partial charge in [0.05, 0.1) is 18.3 Å². The van der Waals surface area contributed by atoms with Crippen LogP contribution in [0.1, 0.15) is 10.5 Å². The number of thioether (sulfide) groups is 1. The lowest BCUT2D eigenvalue weighted by Gasteiger charge is -2.11. The van der Waals surface area contributed by atoms with Crippen LogP contribution in [0.5, 0.6) is 17.2 Å². The van der Waals surface area contributed by atoms with E-state index in [-0.39, 0.29) is 10.7 Å². The molecule has 1 heterocycles. The smallest absolute Gasteiger partial charge is 0.275 e. The minimum atomic E-state index is -0.406. The quantitative estimate of drug-likeness (QED) is 0.467. The van der Waals surface area contributed by atoms with Gasteiger partial charge in [-0.3, -0.25) is 4.79 Å². The van der Waals surface area contributed by atoms with Crippen molar-refractivity contribution in [2.24, 2.45) is 0 Å². The number of aromatic nitrogens is 2. The van der Waals surface area contributed by atoms with Crippen molar-refractivity contribution in [3.63, 3.8) is 0 Å². The summed E-state index contributed by atoms with van der Waals surface area (Å²) in [5, 5.41) is 3.43. The lowest BCUT2D eigenvalue weighted by atomic mass is 10.2. The van der Waals surface area contributed by atoms with Gasteiger partial charge < -0.3 is 14.8 Å². The summed E-state index contributed by atoms with van der Waals surface area (Å²) >= 11 is 7.36. The topological polar surface area (TPSA) is 73.3 Å². The summed E-state index contributed by atoms with van der Waals surface area (Å²) in [4.78, 5) is 20.6. The van der Waals surface area contributed by atoms with Crippen LogP contribution in [0, 0.1) is 0 Å². The van der Waals surface area contributed by atoms with E-state index in [1.165, 1.54) is 18.0 Å². The van der Waals surface area contributed by atoms with Crippen LogP contribution in [0.4, 0.5) is 5.69 Å². The van der Waals surface area contributed by atoms with Gasteiger partial charge >= 0.3 is 0 Å². The number of ether oxygens (including phenoxy) is 2. The zero-order valence-electron chi connectivity index (χ0n) is 14.6. The Morgan fingerprint density at radius 3 is 2.48 bits per heavy atom. The lowest BCUT2D eigenvalue weighted by molar-refractivity contribution is 0.102. The molecule has 0 aliphatic heterocycles. The molecule has 3 aromatic rings. The van der Waals surface area contributed by atoms with E-state index in [1.807, 2.05) is 30.5 Å². The second-order valence-electron chi connectivity index (χ2n) is 5.28. The van der Waals surface area contributed by atoms with Crippen molar-refractivity contribution < 1.29 is 14.3 Å². The molecule has 0 fully saturated rings. The summed E-state index contributed by atoms with van der Waals surface area (Å²) in [5.41, 5.74) is 0.720. The summed E-state index contributed by atoms with van der Waals surface area (Å²) in [5.74, 6) is 1.45.